The van der Waals surface area contributed by atoms with Crippen molar-refractivity contribution in [2.45, 2.75) is 24.2 Å². The van der Waals surface area contributed by atoms with E-state index in [2.05, 4.69) is 5.32 Å². The number of hydrogen-bond donors (Lipinski definition) is 1. The van der Waals surface area contributed by atoms with Crippen molar-refractivity contribution in [2.24, 2.45) is 0 Å². The lowest BCUT2D eigenvalue weighted by Crippen LogP contribution is -2.36. The van der Waals surface area contributed by atoms with Gasteiger partial charge in [0.05, 0.1) is 10.7 Å². The van der Waals surface area contributed by atoms with E-state index in [0.29, 0.717) is 24.5 Å². The molecule has 0 unspecified atom stereocenters. The largest absolute Gasteiger partial charge is 0.482 e. The smallest absolute Gasteiger partial charge is 0.262 e. The number of carbonyl (C=O) groups excluding carboxylic acids is 1. The predicted molar refractivity (Wildman–Crippen MR) is 78.2 cm³/mol. The maximum Gasteiger partial charge on any atom is 0.262 e. The minimum atomic E-state index is -3.63. The van der Waals surface area contributed by atoms with Gasteiger partial charge in [-0.3, -0.25) is 4.79 Å². The van der Waals surface area contributed by atoms with E-state index in [1.807, 2.05) is 0 Å². The zero-order valence-corrected chi connectivity index (χ0v) is 12.8. The average Bonchev–Trinajstić information content (AvgIpc) is 2.47. The first-order valence-electron chi connectivity index (χ1n) is 6.75. The van der Waals surface area contributed by atoms with E-state index in [9.17, 15) is 13.2 Å². The molecular formula is C13H15ClN2O4S. The van der Waals surface area contributed by atoms with Gasteiger partial charge in [-0.2, -0.15) is 4.31 Å². The van der Waals surface area contributed by atoms with Gasteiger partial charge in [0.25, 0.3) is 5.91 Å². The Kier molecular flexibility index (Phi) is 3.81. The number of hydrogen-bond acceptors (Lipinski definition) is 4. The third-order valence-electron chi connectivity index (χ3n) is 3.60. The molecule has 3 rings (SSSR count). The Hall–Kier alpha value is -1.31. The molecule has 21 heavy (non-hydrogen) atoms. The van der Waals surface area contributed by atoms with E-state index in [1.165, 1.54) is 16.4 Å². The normalized spacial score (nSPS) is 19.6. The molecular weight excluding hydrogens is 316 g/mol. The van der Waals surface area contributed by atoms with Gasteiger partial charge in [-0.1, -0.05) is 18.0 Å². The molecule has 0 aliphatic carbocycles. The summed E-state index contributed by atoms with van der Waals surface area (Å²) >= 11 is 6.10. The lowest BCUT2D eigenvalue weighted by molar-refractivity contribution is -0.118. The molecule has 1 N–H and O–H groups in total. The molecule has 0 atom stereocenters. The van der Waals surface area contributed by atoms with Crippen molar-refractivity contribution < 1.29 is 17.9 Å². The number of halogens is 1. The van der Waals surface area contributed by atoms with Crippen LogP contribution in [0.3, 0.4) is 0 Å². The summed E-state index contributed by atoms with van der Waals surface area (Å²) in [7, 11) is -3.63. The Bertz CT molecular complexity index is 684. The van der Waals surface area contributed by atoms with E-state index in [-0.39, 0.29) is 22.4 Å². The number of carbonyl (C=O) groups is 1. The highest BCUT2D eigenvalue weighted by atomic mass is 35.5. The molecule has 1 aromatic carbocycles. The number of anilines is 1. The van der Waals surface area contributed by atoms with Crippen molar-refractivity contribution >= 4 is 33.2 Å². The van der Waals surface area contributed by atoms with Crippen LogP contribution in [-0.4, -0.2) is 38.3 Å². The van der Waals surface area contributed by atoms with Crippen LogP contribution >= 0.6 is 11.6 Å². The van der Waals surface area contributed by atoms with Crippen LogP contribution in [0.5, 0.6) is 5.75 Å². The first-order chi connectivity index (χ1) is 9.98. The van der Waals surface area contributed by atoms with E-state index in [4.69, 9.17) is 16.3 Å². The van der Waals surface area contributed by atoms with Gasteiger partial charge in [0.15, 0.2) is 6.61 Å². The second kappa shape index (κ2) is 5.47. The molecule has 1 fully saturated rings. The summed E-state index contributed by atoms with van der Waals surface area (Å²) in [4.78, 5) is 11.3. The SMILES string of the molecule is O=C1COc2cc(S(=O)(=O)N3CCCCC3)c(Cl)cc2N1. The Balaban J connectivity index is 2.00. The summed E-state index contributed by atoms with van der Waals surface area (Å²) in [5.74, 6) is 0.0415. The lowest BCUT2D eigenvalue weighted by atomic mass is 10.2. The third-order valence-corrected chi connectivity index (χ3v) is 5.96. The van der Waals surface area contributed by atoms with Crippen LogP contribution in [0.15, 0.2) is 17.0 Å². The molecule has 1 saturated heterocycles. The number of piperidine rings is 1. The van der Waals surface area contributed by atoms with E-state index in [0.717, 1.165) is 19.3 Å². The number of ether oxygens (including phenoxy) is 1. The highest BCUT2D eigenvalue weighted by Gasteiger charge is 2.30. The van der Waals surface area contributed by atoms with Crippen LogP contribution in [0.4, 0.5) is 5.69 Å². The minimum Gasteiger partial charge on any atom is -0.482 e. The topological polar surface area (TPSA) is 75.7 Å². The van der Waals surface area contributed by atoms with Crippen molar-refractivity contribution in [3.63, 3.8) is 0 Å². The first-order valence-corrected chi connectivity index (χ1v) is 8.56. The molecule has 0 aromatic heterocycles. The van der Waals surface area contributed by atoms with E-state index < -0.39 is 10.0 Å². The fraction of sp³-hybridized carbons (Fsp3) is 0.462. The van der Waals surface area contributed by atoms with Crippen LogP contribution < -0.4 is 10.1 Å². The molecule has 2 aliphatic rings. The second-order valence-corrected chi connectivity index (χ2v) is 7.39. The number of nitrogens with one attached hydrogen (secondary N) is 1. The van der Waals surface area contributed by atoms with E-state index >= 15 is 0 Å². The average molecular weight is 331 g/mol. The van der Waals surface area contributed by atoms with Gasteiger partial charge in [-0.25, -0.2) is 8.42 Å². The molecule has 6 nitrogen and oxygen atoms in total. The summed E-state index contributed by atoms with van der Waals surface area (Å²) in [5.41, 5.74) is 0.397. The maximum atomic E-state index is 12.7. The summed E-state index contributed by atoms with van der Waals surface area (Å²) in [6.45, 7) is 0.887. The van der Waals surface area contributed by atoms with Gasteiger partial charge >= 0.3 is 0 Å². The number of amides is 1. The predicted octanol–water partition coefficient (Wildman–Crippen LogP) is 1.85. The van der Waals surface area contributed by atoms with Gasteiger partial charge in [0, 0.05) is 19.2 Å². The Morgan fingerprint density at radius 3 is 2.62 bits per heavy atom. The van der Waals surface area contributed by atoms with Crippen LogP contribution in [0.1, 0.15) is 19.3 Å². The van der Waals surface area contributed by atoms with Gasteiger partial charge in [0.1, 0.15) is 10.6 Å². The van der Waals surface area contributed by atoms with Crippen LogP contribution in [-0.2, 0) is 14.8 Å². The number of fused-ring (bicyclic) bond motifs is 1. The molecule has 1 aromatic rings. The number of benzene rings is 1. The molecule has 8 heteroatoms. The zero-order chi connectivity index (χ0) is 15.0. The van der Waals surface area contributed by atoms with Gasteiger partial charge < -0.3 is 10.1 Å². The summed E-state index contributed by atoms with van der Waals surface area (Å²) in [6, 6.07) is 2.81. The Morgan fingerprint density at radius 2 is 1.90 bits per heavy atom. The first kappa shape index (κ1) is 14.6. The Morgan fingerprint density at radius 1 is 1.19 bits per heavy atom. The molecule has 2 aliphatic heterocycles. The van der Waals surface area contributed by atoms with Gasteiger partial charge in [0.2, 0.25) is 10.0 Å². The molecule has 2 heterocycles. The molecule has 0 bridgehead atoms. The zero-order valence-electron chi connectivity index (χ0n) is 11.3. The molecule has 0 spiro atoms. The van der Waals surface area contributed by atoms with Crippen LogP contribution in [0, 0.1) is 0 Å². The highest BCUT2D eigenvalue weighted by Crippen LogP contribution is 2.37. The van der Waals surface area contributed by atoms with Crippen molar-refractivity contribution in [3.8, 4) is 5.75 Å². The third kappa shape index (κ3) is 2.73. The number of sulfonamides is 1. The molecule has 0 saturated carbocycles. The van der Waals surface area contributed by atoms with E-state index in [1.54, 1.807) is 0 Å². The van der Waals surface area contributed by atoms with Crippen molar-refractivity contribution in [2.75, 3.05) is 25.0 Å². The lowest BCUT2D eigenvalue weighted by Gasteiger charge is -2.27. The fourth-order valence-electron chi connectivity index (χ4n) is 2.52. The minimum absolute atomic E-state index is 0.0287. The van der Waals surface area contributed by atoms with Crippen LogP contribution in [0.25, 0.3) is 0 Å². The van der Waals surface area contributed by atoms with Crippen molar-refractivity contribution in [1.82, 2.24) is 4.31 Å². The summed E-state index contributed by atoms with van der Waals surface area (Å²) < 4.78 is 32.0. The second-order valence-electron chi connectivity index (χ2n) is 5.08. The number of rotatable bonds is 2. The van der Waals surface area contributed by atoms with Crippen LogP contribution in [0.2, 0.25) is 5.02 Å². The van der Waals surface area contributed by atoms with Gasteiger partial charge in [-0.05, 0) is 18.9 Å². The highest BCUT2D eigenvalue weighted by molar-refractivity contribution is 7.89. The van der Waals surface area contributed by atoms with Crippen molar-refractivity contribution in [3.05, 3.63) is 17.2 Å². The maximum absolute atomic E-state index is 12.7. The summed E-state index contributed by atoms with van der Waals surface area (Å²) in [6.07, 6.45) is 2.75. The molecule has 0 radical (unpaired) electrons. The Labute approximate surface area is 128 Å². The fourth-order valence-corrected chi connectivity index (χ4v) is 4.56. The monoisotopic (exact) mass is 330 g/mol. The summed E-state index contributed by atoms with van der Waals surface area (Å²) in [5, 5.41) is 2.69. The van der Waals surface area contributed by atoms with Gasteiger partial charge in [-0.15, -0.1) is 0 Å². The standard InChI is InChI=1S/C13H15ClN2O4S/c14-9-6-10-11(20-8-13(17)15-10)7-12(9)21(18,19)16-4-2-1-3-5-16/h6-7H,1-5,8H2,(H,15,17). The molecule has 1 amide bonds. The number of nitrogens with zero attached hydrogens (tertiary/aromatic N) is 1. The molecule has 114 valence electrons. The van der Waals surface area contributed by atoms with Crippen molar-refractivity contribution in [1.29, 1.82) is 0 Å². The quantitative estimate of drug-likeness (QED) is 0.897.